The fourth-order valence-corrected chi connectivity index (χ4v) is 1.75. The summed E-state index contributed by atoms with van der Waals surface area (Å²) in [5.74, 6) is 1.26. The fraction of sp³-hybridized carbons (Fsp3) is 0.333. The molecule has 0 fully saturated rings. The number of phenols is 1. The van der Waals surface area contributed by atoms with E-state index in [0.717, 1.165) is 24.8 Å². The highest BCUT2D eigenvalue weighted by molar-refractivity contribution is 5.60. The number of hydrogen-bond acceptors (Lipinski definition) is 4. The Labute approximate surface area is 113 Å². The highest BCUT2D eigenvalue weighted by Gasteiger charge is 2.07. The zero-order valence-corrected chi connectivity index (χ0v) is 11.0. The van der Waals surface area contributed by atoms with Gasteiger partial charge in [0.1, 0.15) is 0 Å². The number of hydrogen-bond donors (Lipinski definition) is 1. The Hall–Kier alpha value is -2.10. The summed E-state index contributed by atoms with van der Waals surface area (Å²) in [6, 6.07) is 6.94. The third kappa shape index (κ3) is 3.68. The van der Waals surface area contributed by atoms with Gasteiger partial charge in [-0.05, 0) is 30.7 Å². The predicted molar refractivity (Wildman–Crippen MR) is 74.2 cm³/mol. The first-order valence-electron chi connectivity index (χ1n) is 6.54. The number of rotatable bonds is 6. The van der Waals surface area contributed by atoms with Crippen molar-refractivity contribution in [3.63, 3.8) is 0 Å². The number of aromatic nitrogens is 2. The second-order valence-corrected chi connectivity index (χ2v) is 4.31. The van der Waals surface area contributed by atoms with Crippen LogP contribution in [0.25, 0.3) is 11.4 Å². The van der Waals surface area contributed by atoms with E-state index in [1.54, 1.807) is 36.7 Å². The zero-order valence-electron chi connectivity index (χ0n) is 11.0. The molecular formula is C15H18N2O2. The minimum Gasteiger partial charge on any atom is -0.504 e. The van der Waals surface area contributed by atoms with Gasteiger partial charge in [0.15, 0.2) is 17.3 Å². The molecule has 0 radical (unpaired) electrons. The molecule has 1 aromatic heterocycles. The van der Waals surface area contributed by atoms with Crippen LogP contribution in [0.3, 0.4) is 0 Å². The van der Waals surface area contributed by atoms with Crippen molar-refractivity contribution in [2.24, 2.45) is 0 Å². The molecule has 0 saturated carbocycles. The van der Waals surface area contributed by atoms with Crippen LogP contribution in [0.5, 0.6) is 11.5 Å². The molecule has 4 heteroatoms. The first kappa shape index (κ1) is 13.3. The van der Waals surface area contributed by atoms with Gasteiger partial charge in [0.2, 0.25) is 0 Å². The Morgan fingerprint density at radius 3 is 2.68 bits per heavy atom. The topological polar surface area (TPSA) is 55.2 Å². The summed E-state index contributed by atoms with van der Waals surface area (Å²) < 4.78 is 5.60. The van der Waals surface area contributed by atoms with Gasteiger partial charge in [-0.25, -0.2) is 9.97 Å². The molecule has 19 heavy (non-hydrogen) atoms. The highest BCUT2D eigenvalue weighted by Crippen LogP contribution is 2.30. The molecule has 0 unspecified atom stereocenters. The summed E-state index contributed by atoms with van der Waals surface area (Å²) in [6.07, 6.45) is 6.64. The van der Waals surface area contributed by atoms with Crippen molar-refractivity contribution >= 4 is 0 Å². The van der Waals surface area contributed by atoms with E-state index in [1.165, 1.54) is 0 Å². The van der Waals surface area contributed by atoms with Crippen LogP contribution in [0.2, 0.25) is 0 Å². The largest absolute Gasteiger partial charge is 0.504 e. The summed E-state index contributed by atoms with van der Waals surface area (Å²) in [5, 5.41) is 9.77. The second kappa shape index (κ2) is 6.73. The van der Waals surface area contributed by atoms with Crippen LogP contribution in [0.4, 0.5) is 0 Å². The number of ether oxygens (including phenoxy) is 1. The van der Waals surface area contributed by atoms with Gasteiger partial charge in [-0.2, -0.15) is 0 Å². The van der Waals surface area contributed by atoms with Gasteiger partial charge in [0, 0.05) is 18.0 Å². The van der Waals surface area contributed by atoms with Crippen molar-refractivity contribution in [1.29, 1.82) is 0 Å². The normalized spacial score (nSPS) is 10.4. The molecule has 0 saturated heterocycles. The molecule has 2 aromatic rings. The van der Waals surface area contributed by atoms with Crippen molar-refractivity contribution in [2.45, 2.75) is 26.2 Å². The third-order valence-electron chi connectivity index (χ3n) is 2.79. The minimum absolute atomic E-state index is 0.149. The van der Waals surface area contributed by atoms with E-state index >= 15 is 0 Å². The average molecular weight is 258 g/mol. The lowest BCUT2D eigenvalue weighted by Gasteiger charge is -2.09. The molecule has 100 valence electrons. The maximum absolute atomic E-state index is 9.77. The summed E-state index contributed by atoms with van der Waals surface area (Å²) in [7, 11) is 0. The molecule has 4 nitrogen and oxygen atoms in total. The number of nitrogens with zero attached hydrogens (tertiary/aromatic N) is 2. The second-order valence-electron chi connectivity index (χ2n) is 4.31. The first-order valence-corrected chi connectivity index (χ1v) is 6.54. The Morgan fingerprint density at radius 2 is 1.95 bits per heavy atom. The van der Waals surface area contributed by atoms with Crippen LogP contribution < -0.4 is 4.74 Å². The summed E-state index contributed by atoms with van der Waals surface area (Å²) in [6.45, 7) is 2.76. The number of phenolic OH excluding ortho intramolecular Hbond substituents is 1. The van der Waals surface area contributed by atoms with Gasteiger partial charge in [-0.15, -0.1) is 0 Å². The Bertz CT molecular complexity index is 515. The SMILES string of the molecule is CCCCCOc1cc(-c2ncccn2)ccc1O. The number of benzene rings is 1. The zero-order chi connectivity index (χ0) is 13.5. The van der Waals surface area contributed by atoms with Crippen LogP contribution in [0.15, 0.2) is 36.7 Å². The number of unbranched alkanes of at least 4 members (excludes halogenated alkanes) is 2. The Balaban J connectivity index is 2.11. The molecule has 1 heterocycles. The van der Waals surface area contributed by atoms with Crippen LogP contribution in [-0.4, -0.2) is 21.7 Å². The molecule has 1 aromatic carbocycles. The molecule has 0 aliphatic heterocycles. The maximum atomic E-state index is 9.77. The Kier molecular flexibility index (Phi) is 4.72. The first-order chi connectivity index (χ1) is 9.31. The van der Waals surface area contributed by atoms with Gasteiger partial charge >= 0.3 is 0 Å². The van der Waals surface area contributed by atoms with Crippen molar-refractivity contribution in [3.8, 4) is 22.9 Å². The predicted octanol–water partition coefficient (Wildman–Crippen LogP) is 3.42. The average Bonchev–Trinajstić information content (AvgIpc) is 2.46. The molecule has 0 atom stereocenters. The standard InChI is InChI=1S/C15H18N2O2/c1-2-3-4-10-19-14-11-12(6-7-13(14)18)15-16-8-5-9-17-15/h5-9,11,18H,2-4,10H2,1H3. The van der Waals surface area contributed by atoms with E-state index in [9.17, 15) is 5.11 Å². The molecule has 0 bridgehead atoms. The molecule has 2 rings (SSSR count). The van der Waals surface area contributed by atoms with E-state index in [0.29, 0.717) is 18.2 Å². The molecular weight excluding hydrogens is 240 g/mol. The number of aromatic hydroxyl groups is 1. The van der Waals surface area contributed by atoms with Crippen LogP contribution in [0.1, 0.15) is 26.2 Å². The maximum Gasteiger partial charge on any atom is 0.161 e. The van der Waals surface area contributed by atoms with Crippen molar-refractivity contribution in [3.05, 3.63) is 36.7 Å². The molecule has 0 spiro atoms. The van der Waals surface area contributed by atoms with Crippen molar-refractivity contribution in [2.75, 3.05) is 6.61 Å². The summed E-state index contributed by atoms with van der Waals surface area (Å²) in [5.41, 5.74) is 0.837. The van der Waals surface area contributed by atoms with Crippen molar-refractivity contribution < 1.29 is 9.84 Å². The van der Waals surface area contributed by atoms with Crippen LogP contribution in [-0.2, 0) is 0 Å². The van der Waals surface area contributed by atoms with Gasteiger partial charge in [0.05, 0.1) is 6.61 Å². The van der Waals surface area contributed by atoms with Crippen LogP contribution >= 0.6 is 0 Å². The minimum atomic E-state index is 0.149. The van der Waals surface area contributed by atoms with E-state index in [1.807, 2.05) is 0 Å². The third-order valence-corrected chi connectivity index (χ3v) is 2.79. The molecule has 0 aliphatic rings. The van der Waals surface area contributed by atoms with Crippen molar-refractivity contribution in [1.82, 2.24) is 9.97 Å². The van der Waals surface area contributed by atoms with E-state index in [-0.39, 0.29) is 5.75 Å². The smallest absolute Gasteiger partial charge is 0.161 e. The lowest BCUT2D eigenvalue weighted by molar-refractivity contribution is 0.290. The summed E-state index contributed by atoms with van der Waals surface area (Å²) >= 11 is 0. The fourth-order valence-electron chi connectivity index (χ4n) is 1.75. The summed E-state index contributed by atoms with van der Waals surface area (Å²) in [4.78, 5) is 8.36. The van der Waals surface area contributed by atoms with Gasteiger partial charge < -0.3 is 9.84 Å². The van der Waals surface area contributed by atoms with Gasteiger partial charge in [0.25, 0.3) is 0 Å². The lowest BCUT2D eigenvalue weighted by atomic mass is 10.2. The van der Waals surface area contributed by atoms with Crippen LogP contribution in [0, 0.1) is 0 Å². The molecule has 0 amide bonds. The quantitative estimate of drug-likeness (QED) is 0.807. The Morgan fingerprint density at radius 1 is 1.16 bits per heavy atom. The monoisotopic (exact) mass is 258 g/mol. The van der Waals surface area contributed by atoms with E-state index < -0.39 is 0 Å². The van der Waals surface area contributed by atoms with E-state index in [2.05, 4.69) is 16.9 Å². The lowest BCUT2D eigenvalue weighted by Crippen LogP contribution is -1.98. The van der Waals surface area contributed by atoms with Gasteiger partial charge in [-0.1, -0.05) is 19.8 Å². The van der Waals surface area contributed by atoms with E-state index in [4.69, 9.17) is 4.74 Å². The molecule has 1 N–H and O–H groups in total. The highest BCUT2D eigenvalue weighted by atomic mass is 16.5. The van der Waals surface area contributed by atoms with Gasteiger partial charge in [-0.3, -0.25) is 0 Å². The molecule has 0 aliphatic carbocycles.